The fourth-order valence-electron chi connectivity index (χ4n) is 5.87. The zero-order chi connectivity index (χ0) is 20.4. The van der Waals surface area contributed by atoms with Crippen LogP contribution in [0.3, 0.4) is 0 Å². The van der Waals surface area contributed by atoms with Crippen molar-refractivity contribution in [2.45, 2.75) is 62.1 Å². The summed E-state index contributed by atoms with van der Waals surface area (Å²) in [5.74, 6) is 0.317. The molecular weight excluding hydrogens is 385 g/mol. The van der Waals surface area contributed by atoms with Gasteiger partial charge in [-0.25, -0.2) is 0 Å². The number of amides is 1. The molecule has 0 bridgehead atoms. The number of aliphatic hydroxyl groups is 1. The second kappa shape index (κ2) is 6.35. The standard InChI is InChI=1S/C21H25F3N2O3/c22-21(23,24)29-16-3-1-2-14(8-16)20-6-7-26(12-15(20)11-20)18(28)13-9-19(10-13)5-4-17(27)25-19/h1-3,8,13,15,17,25,27H,4-7,9-12H2. The summed E-state index contributed by atoms with van der Waals surface area (Å²) in [5, 5.41) is 12.9. The molecule has 1 aromatic rings. The zero-order valence-electron chi connectivity index (χ0n) is 16.0. The van der Waals surface area contributed by atoms with Gasteiger partial charge >= 0.3 is 6.36 Å². The largest absolute Gasteiger partial charge is 0.573 e. The summed E-state index contributed by atoms with van der Waals surface area (Å²) < 4.78 is 41.6. The number of fused-ring (bicyclic) bond motifs is 1. The molecule has 0 radical (unpaired) electrons. The number of nitrogens with zero attached hydrogens (tertiary/aromatic N) is 1. The molecule has 5 nitrogen and oxygen atoms in total. The zero-order valence-corrected chi connectivity index (χ0v) is 16.0. The Morgan fingerprint density at radius 2 is 2.03 bits per heavy atom. The van der Waals surface area contributed by atoms with Crippen molar-refractivity contribution in [1.82, 2.24) is 10.2 Å². The summed E-state index contributed by atoms with van der Waals surface area (Å²) in [6, 6.07) is 6.30. The van der Waals surface area contributed by atoms with Gasteiger partial charge in [0.15, 0.2) is 0 Å². The monoisotopic (exact) mass is 410 g/mol. The Morgan fingerprint density at radius 3 is 2.69 bits per heavy atom. The number of piperidine rings is 1. The van der Waals surface area contributed by atoms with Crippen LogP contribution in [-0.4, -0.2) is 47.1 Å². The van der Waals surface area contributed by atoms with Gasteiger partial charge in [-0.05, 0) is 62.1 Å². The lowest BCUT2D eigenvalue weighted by Crippen LogP contribution is -2.58. The number of aliphatic hydroxyl groups excluding tert-OH is 1. The number of benzene rings is 1. The first-order chi connectivity index (χ1) is 13.7. The van der Waals surface area contributed by atoms with Crippen molar-refractivity contribution in [2.75, 3.05) is 13.1 Å². The fourth-order valence-corrected chi connectivity index (χ4v) is 5.87. The average molecular weight is 410 g/mol. The number of likely N-dealkylation sites (tertiary alicyclic amines) is 1. The van der Waals surface area contributed by atoms with Gasteiger partial charge < -0.3 is 14.7 Å². The summed E-state index contributed by atoms with van der Waals surface area (Å²) in [6.07, 6.45) is -0.253. The molecule has 3 atom stereocenters. The van der Waals surface area contributed by atoms with Crippen LogP contribution in [0.4, 0.5) is 13.2 Å². The van der Waals surface area contributed by atoms with Gasteiger partial charge in [0.1, 0.15) is 12.0 Å². The number of nitrogens with one attached hydrogen (secondary N) is 1. The van der Waals surface area contributed by atoms with Crippen molar-refractivity contribution in [1.29, 1.82) is 0 Å². The van der Waals surface area contributed by atoms with E-state index in [0.29, 0.717) is 19.0 Å². The van der Waals surface area contributed by atoms with Gasteiger partial charge in [-0.15, -0.1) is 13.2 Å². The Labute approximate surface area is 167 Å². The van der Waals surface area contributed by atoms with Gasteiger partial charge in [-0.1, -0.05) is 12.1 Å². The van der Waals surface area contributed by atoms with Crippen LogP contribution in [0, 0.1) is 11.8 Å². The molecule has 1 spiro atoms. The smallest absolute Gasteiger partial charge is 0.406 e. The van der Waals surface area contributed by atoms with E-state index in [1.165, 1.54) is 12.1 Å². The Morgan fingerprint density at radius 1 is 1.24 bits per heavy atom. The molecule has 8 heteroatoms. The van der Waals surface area contributed by atoms with Crippen molar-refractivity contribution >= 4 is 5.91 Å². The summed E-state index contributed by atoms with van der Waals surface area (Å²) in [7, 11) is 0. The third-order valence-electron chi connectivity index (χ3n) is 7.45. The van der Waals surface area contributed by atoms with Crippen LogP contribution >= 0.6 is 0 Å². The normalized spacial score (nSPS) is 38.5. The second-order valence-electron chi connectivity index (χ2n) is 9.25. The molecule has 2 aliphatic carbocycles. The minimum Gasteiger partial charge on any atom is -0.406 e. The topological polar surface area (TPSA) is 61.8 Å². The van der Waals surface area contributed by atoms with E-state index >= 15 is 0 Å². The molecule has 2 saturated carbocycles. The van der Waals surface area contributed by atoms with Crippen molar-refractivity contribution in [2.24, 2.45) is 11.8 Å². The Hall–Kier alpha value is -1.80. The highest BCUT2D eigenvalue weighted by Crippen LogP contribution is 2.60. The summed E-state index contributed by atoms with van der Waals surface area (Å²) >= 11 is 0. The van der Waals surface area contributed by atoms with Crippen LogP contribution in [0.15, 0.2) is 24.3 Å². The van der Waals surface area contributed by atoms with Gasteiger partial charge in [0.05, 0.1) is 0 Å². The van der Waals surface area contributed by atoms with E-state index in [0.717, 1.165) is 44.1 Å². The minimum atomic E-state index is -4.70. The van der Waals surface area contributed by atoms with E-state index in [9.17, 15) is 23.1 Å². The molecule has 4 fully saturated rings. The molecule has 2 heterocycles. The van der Waals surface area contributed by atoms with Crippen molar-refractivity contribution in [3.05, 3.63) is 29.8 Å². The summed E-state index contributed by atoms with van der Waals surface area (Å²) in [6.45, 7) is 1.31. The third-order valence-corrected chi connectivity index (χ3v) is 7.45. The Kier molecular flexibility index (Phi) is 4.20. The van der Waals surface area contributed by atoms with E-state index in [1.54, 1.807) is 6.07 Å². The first-order valence-corrected chi connectivity index (χ1v) is 10.3. The maximum atomic E-state index is 12.9. The molecule has 1 amide bonds. The molecule has 2 saturated heterocycles. The number of hydrogen-bond donors (Lipinski definition) is 2. The van der Waals surface area contributed by atoms with Crippen LogP contribution in [-0.2, 0) is 10.2 Å². The first kappa shape index (κ1) is 19.2. The SMILES string of the molecule is O=C(C1CC2(CCC(O)N2)C1)N1CCC2(c3cccc(OC(F)(F)F)c3)CC2C1. The van der Waals surface area contributed by atoms with Crippen LogP contribution in [0.5, 0.6) is 5.75 Å². The van der Waals surface area contributed by atoms with E-state index < -0.39 is 12.6 Å². The quantitative estimate of drug-likeness (QED) is 0.805. The minimum absolute atomic E-state index is 0.0163. The number of carbonyl (C=O) groups excluding carboxylic acids is 1. The van der Waals surface area contributed by atoms with Gasteiger partial charge in [-0.2, -0.15) is 0 Å². The third kappa shape index (κ3) is 3.40. The van der Waals surface area contributed by atoms with Gasteiger partial charge in [-0.3, -0.25) is 10.1 Å². The van der Waals surface area contributed by atoms with E-state index in [-0.39, 0.29) is 28.5 Å². The predicted molar refractivity (Wildman–Crippen MR) is 97.9 cm³/mol. The molecule has 158 valence electrons. The first-order valence-electron chi connectivity index (χ1n) is 10.3. The lowest BCUT2D eigenvalue weighted by molar-refractivity contribution is -0.274. The molecule has 29 heavy (non-hydrogen) atoms. The van der Waals surface area contributed by atoms with E-state index in [2.05, 4.69) is 10.1 Å². The number of hydrogen-bond acceptors (Lipinski definition) is 4. The molecule has 3 unspecified atom stereocenters. The van der Waals surface area contributed by atoms with Gasteiger partial charge in [0.25, 0.3) is 0 Å². The average Bonchev–Trinajstić information content (AvgIpc) is 3.24. The lowest BCUT2D eigenvalue weighted by atomic mass is 9.67. The number of halogens is 3. The molecule has 2 aliphatic heterocycles. The Bertz CT molecular complexity index is 824. The number of alkyl halides is 3. The lowest BCUT2D eigenvalue weighted by Gasteiger charge is -2.47. The Balaban J connectivity index is 1.20. The second-order valence-corrected chi connectivity index (χ2v) is 9.25. The predicted octanol–water partition coefficient (Wildman–Crippen LogP) is 2.93. The van der Waals surface area contributed by atoms with E-state index in [1.807, 2.05) is 11.0 Å². The maximum Gasteiger partial charge on any atom is 0.573 e. The van der Waals surface area contributed by atoms with Crippen LogP contribution in [0.1, 0.15) is 44.1 Å². The van der Waals surface area contributed by atoms with Crippen LogP contribution in [0.2, 0.25) is 0 Å². The number of carbonyl (C=O) groups is 1. The van der Waals surface area contributed by atoms with Gasteiger partial charge in [0, 0.05) is 30.0 Å². The number of rotatable bonds is 3. The molecule has 0 aromatic heterocycles. The van der Waals surface area contributed by atoms with Crippen molar-refractivity contribution in [3.63, 3.8) is 0 Å². The highest BCUT2D eigenvalue weighted by molar-refractivity contribution is 5.80. The number of ether oxygens (including phenoxy) is 1. The molecular formula is C21H25F3N2O3. The van der Waals surface area contributed by atoms with Crippen molar-refractivity contribution < 1.29 is 27.8 Å². The molecule has 1 aromatic carbocycles. The van der Waals surface area contributed by atoms with Crippen LogP contribution in [0.25, 0.3) is 0 Å². The van der Waals surface area contributed by atoms with E-state index in [4.69, 9.17) is 0 Å². The molecule has 2 N–H and O–H groups in total. The summed E-state index contributed by atoms with van der Waals surface area (Å²) in [4.78, 5) is 14.8. The highest BCUT2D eigenvalue weighted by Gasteiger charge is 2.59. The summed E-state index contributed by atoms with van der Waals surface area (Å²) in [5.41, 5.74) is 0.695. The fraction of sp³-hybridized carbons (Fsp3) is 0.667. The highest BCUT2D eigenvalue weighted by atomic mass is 19.4. The molecule has 5 rings (SSSR count). The maximum absolute atomic E-state index is 12.9. The van der Waals surface area contributed by atoms with Crippen molar-refractivity contribution in [3.8, 4) is 5.75 Å². The van der Waals surface area contributed by atoms with Gasteiger partial charge in [0.2, 0.25) is 5.91 Å². The van der Waals surface area contributed by atoms with Crippen LogP contribution < -0.4 is 10.1 Å². The molecule has 4 aliphatic rings.